The summed E-state index contributed by atoms with van der Waals surface area (Å²) in [6.07, 6.45) is 0. The largest absolute Gasteiger partial charge is 0.506 e. The molecule has 2 heterocycles. The van der Waals surface area contributed by atoms with Gasteiger partial charge in [0.15, 0.2) is 11.6 Å². The summed E-state index contributed by atoms with van der Waals surface area (Å²) in [5.41, 5.74) is -0.00350. The van der Waals surface area contributed by atoms with Gasteiger partial charge in [-0.15, -0.1) is 36.2 Å². The molecule has 3 nitrogen and oxygen atoms in total. The third kappa shape index (κ3) is 4.20. The molecule has 134 valence electrons. The quantitative estimate of drug-likeness (QED) is 0.667. The molecule has 1 aliphatic heterocycles. The molecule has 1 aliphatic rings. The van der Waals surface area contributed by atoms with Crippen LogP contribution in [-0.2, 0) is 0 Å². The van der Waals surface area contributed by atoms with Crippen molar-refractivity contribution in [3.63, 3.8) is 0 Å². The molecular weight excluding hydrogens is 445 g/mol. The maximum absolute atomic E-state index is 14.4. The molecule has 0 amide bonds. The SMILES string of the molecule is Cl.Cl.Oc1c(Br)cc(F)c(F)c1[C@@H](c1cccs1)N1CCNCC1. The summed E-state index contributed by atoms with van der Waals surface area (Å²) in [6, 6.07) is 4.22. The number of hydrogen-bond donors (Lipinski definition) is 2. The van der Waals surface area contributed by atoms with Crippen LogP contribution in [0.2, 0.25) is 0 Å². The number of nitrogens with one attached hydrogen (secondary N) is 1. The number of halogens is 5. The fourth-order valence-corrected chi connectivity index (χ4v) is 4.03. The van der Waals surface area contributed by atoms with Crippen molar-refractivity contribution in [1.29, 1.82) is 0 Å². The van der Waals surface area contributed by atoms with Gasteiger partial charge in [-0.1, -0.05) is 6.07 Å². The van der Waals surface area contributed by atoms with Gasteiger partial charge in [0.05, 0.1) is 16.1 Å². The third-order valence-corrected chi connectivity index (χ3v) is 5.31. The van der Waals surface area contributed by atoms with E-state index in [0.717, 1.165) is 24.0 Å². The van der Waals surface area contributed by atoms with Gasteiger partial charge in [0.2, 0.25) is 0 Å². The Morgan fingerprint density at radius 2 is 1.92 bits per heavy atom. The highest BCUT2D eigenvalue weighted by Gasteiger charge is 2.32. The van der Waals surface area contributed by atoms with E-state index in [0.29, 0.717) is 13.1 Å². The molecule has 2 aromatic rings. The first-order valence-electron chi connectivity index (χ1n) is 6.94. The van der Waals surface area contributed by atoms with E-state index < -0.39 is 17.7 Å². The molecule has 0 unspecified atom stereocenters. The van der Waals surface area contributed by atoms with Gasteiger partial charge in [0, 0.05) is 31.1 Å². The van der Waals surface area contributed by atoms with Crippen molar-refractivity contribution in [2.75, 3.05) is 26.2 Å². The lowest BCUT2D eigenvalue weighted by atomic mass is 10.0. The normalized spacial score (nSPS) is 16.1. The highest BCUT2D eigenvalue weighted by molar-refractivity contribution is 9.10. The predicted molar refractivity (Wildman–Crippen MR) is 101 cm³/mol. The van der Waals surface area contributed by atoms with E-state index in [-0.39, 0.29) is 40.6 Å². The predicted octanol–water partition coefficient (Wildman–Crippen LogP) is 4.33. The van der Waals surface area contributed by atoms with Gasteiger partial charge >= 0.3 is 0 Å². The second kappa shape index (κ2) is 9.31. The molecule has 0 saturated carbocycles. The van der Waals surface area contributed by atoms with Crippen molar-refractivity contribution in [1.82, 2.24) is 10.2 Å². The van der Waals surface area contributed by atoms with Crippen molar-refractivity contribution >= 4 is 52.1 Å². The lowest BCUT2D eigenvalue weighted by Crippen LogP contribution is -2.45. The zero-order valence-electron chi connectivity index (χ0n) is 12.5. The number of phenols is 1. The highest BCUT2D eigenvalue weighted by atomic mass is 79.9. The van der Waals surface area contributed by atoms with Crippen LogP contribution in [-0.4, -0.2) is 36.2 Å². The van der Waals surface area contributed by atoms with Crippen LogP contribution in [0, 0.1) is 11.6 Å². The maximum Gasteiger partial charge on any atom is 0.167 e. The summed E-state index contributed by atoms with van der Waals surface area (Å²) in [4.78, 5) is 2.94. The highest BCUT2D eigenvalue weighted by Crippen LogP contribution is 2.42. The summed E-state index contributed by atoms with van der Waals surface area (Å²) in [5.74, 6) is -2.19. The number of benzene rings is 1. The van der Waals surface area contributed by atoms with Crippen molar-refractivity contribution in [3.05, 3.63) is 50.1 Å². The van der Waals surface area contributed by atoms with E-state index in [9.17, 15) is 13.9 Å². The van der Waals surface area contributed by atoms with Gasteiger partial charge in [-0.3, -0.25) is 4.90 Å². The molecule has 1 saturated heterocycles. The van der Waals surface area contributed by atoms with Crippen LogP contribution in [0.3, 0.4) is 0 Å². The molecule has 24 heavy (non-hydrogen) atoms. The first kappa shape index (κ1) is 21.6. The number of hydrogen-bond acceptors (Lipinski definition) is 4. The van der Waals surface area contributed by atoms with E-state index in [1.165, 1.54) is 11.3 Å². The fraction of sp³-hybridized carbons (Fsp3) is 0.333. The van der Waals surface area contributed by atoms with Crippen LogP contribution < -0.4 is 5.32 Å². The molecule has 0 spiro atoms. The van der Waals surface area contributed by atoms with E-state index in [4.69, 9.17) is 0 Å². The van der Waals surface area contributed by atoms with Gasteiger partial charge in [-0.05, 0) is 33.4 Å². The Labute approximate surface area is 164 Å². The van der Waals surface area contributed by atoms with Crippen LogP contribution in [0.15, 0.2) is 28.1 Å². The van der Waals surface area contributed by atoms with Gasteiger partial charge in [-0.2, -0.15) is 0 Å². The fourth-order valence-electron chi connectivity index (χ4n) is 2.75. The number of nitrogens with zero attached hydrogens (tertiary/aromatic N) is 1. The van der Waals surface area contributed by atoms with Crippen molar-refractivity contribution in [2.45, 2.75) is 6.04 Å². The molecule has 1 aromatic carbocycles. The Morgan fingerprint density at radius 3 is 2.50 bits per heavy atom. The summed E-state index contributed by atoms with van der Waals surface area (Å²) in [5, 5.41) is 15.4. The van der Waals surface area contributed by atoms with E-state index in [1.54, 1.807) is 0 Å². The van der Waals surface area contributed by atoms with Crippen molar-refractivity contribution < 1.29 is 13.9 Å². The number of piperazine rings is 1. The molecule has 0 aliphatic carbocycles. The third-order valence-electron chi connectivity index (χ3n) is 3.78. The Balaban J connectivity index is 0.00000144. The number of aromatic hydroxyl groups is 1. The first-order chi connectivity index (χ1) is 10.6. The summed E-state index contributed by atoms with van der Waals surface area (Å²) in [6.45, 7) is 2.96. The van der Waals surface area contributed by atoms with Crippen molar-refractivity contribution in [3.8, 4) is 5.75 Å². The van der Waals surface area contributed by atoms with Gasteiger partial charge < -0.3 is 10.4 Å². The number of thiophene rings is 1. The number of rotatable bonds is 3. The molecule has 9 heteroatoms. The topological polar surface area (TPSA) is 35.5 Å². The summed E-state index contributed by atoms with van der Waals surface area (Å²) in [7, 11) is 0. The summed E-state index contributed by atoms with van der Waals surface area (Å²) < 4.78 is 28.5. The first-order valence-corrected chi connectivity index (χ1v) is 8.61. The smallest absolute Gasteiger partial charge is 0.167 e. The molecule has 2 N–H and O–H groups in total. The average Bonchev–Trinajstić information content (AvgIpc) is 3.04. The Bertz CT molecular complexity index is 644. The minimum atomic E-state index is -0.988. The Hall–Kier alpha value is -0.440. The molecule has 1 fully saturated rings. The Morgan fingerprint density at radius 1 is 1.25 bits per heavy atom. The minimum Gasteiger partial charge on any atom is -0.506 e. The second-order valence-electron chi connectivity index (χ2n) is 5.12. The van der Waals surface area contributed by atoms with Crippen LogP contribution in [0.1, 0.15) is 16.5 Å². The van der Waals surface area contributed by atoms with E-state index >= 15 is 0 Å². The standard InChI is InChI=1S/C15H15BrF2N2OS.2ClH/c16-9-8-10(17)13(18)12(15(9)21)14(11-2-1-7-22-11)20-5-3-19-4-6-20;;/h1-2,7-8,14,19,21H,3-6H2;2*1H/t14-;;/m1../s1. The van der Waals surface area contributed by atoms with E-state index in [1.807, 2.05) is 17.5 Å². The molecule has 1 atom stereocenters. The number of phenolic OH excluding ortho intramolecular Hbond substituents is 1. The average molecular weight is 462 g/mol. The van der Waals surface area contributed by atoms with Crippen LogP contribution in [0.5, 0.6) is 5.75 Å². The Kier molecular flexibility index (Phi) is 8.38. The van der Waals surface area contributed by atoms with Crippen LogP contribution in [0.4, 0.5) is 8.78 Å². The van der Waals surface area contributed by atoms with Crippen LogP contribution >= 0.6 is 52.1 Å². The molecule has 3 rings (SSSR count). The zero-order valence-corrected chi connectivity index (χ0v) is 16.5. The van der Waals surface area contributed by atoms with Gasteiger partial charge in [-0.25, -0.2) is 8.78 Å². The molecular formula is C15H17BrCl2F2N2OS. The lowest BCUT2D eigenvalue weighted by molar-refractivity contribution is 0.193. The van der Waals surface area contributed by atoms with E-state index in [2.05, 4.69) is 26.1 Å². The van der Waals surface area contributed by atoms with Gasteiger partial charge in [0.1, 0.15) is 5.75 Å². The van der Waals surface area contributed by atoms with Gasteiger partial charge in [0.25, 0.3) is 0 Å². The second-order valence-corrected chi connectivity index (χ2v) is 6.95. The summed E-state index contributed by atoms with van der Waals surface area (Å²) >= 11 is 4.57. The monoisotopic (exact) mass is 460 g/mol. The molecule has 0 bridgehead atoms. The molecule has 0 radical (unpaired) electrons. The van der Waals surface area contributed by atoms with Crippen molar-refractivity contribution in [2.24, 2.45) is 0 Å². The van der Waals surface area contributed by atoms with Crippen LogP contribution in [0.25, 0.3) is 0 Å². The lowest BCUT2D eigenvalue weighted by Gasteiger charge is -2.35. The molecule has 1 aromatic heterocycles. The zero-order chi connectivity index (χ0) is 15.7. The minimum absolute atomic E-state index is 0. The maximum atomic E-state index is 14.4.